The summed E-state index contributed by atoms with van der Waals surface area (Å²) < 4.78 is 33.3. The lowest BCUT2D eigenvalue weighted by atomic mass is 10.0. The molecule has 0 radical (unpaired) electrons. The van der Waals surface area contributed by atoms with E-state index < -0.39 is 26.5 Å². The molecule has 0 rings (SSSR count). The van der Waals surface area contributed by atoms with Gasteiger partial charge in [-0.3, -0.25) is 18.6 Å². The number of nitrogens with two attached hydrogens (primary N) is 1. The van der Waals surface area contributed by atoms with Crippen LogP contribution in [0, 0.1) is 0 Å². The number of hydrogen-bond acceptors (Lipinski definition) is 8. The molecule has 9 nitrogen and oxygen atoms in total. The van der Waals surface area contributed by atoms with Crippen LogP contribution in [0.5, 0.6) is 0 Å². The molecule has 97 heavy (non-hydrogen) atoms. The van der Waals surface area contributed by atoms with E-state index in [0.29, 0.717) is 12.8 Å². The summed E-state index contributed by atoms with van der Waals surface area (Å²) in [5.74, 6) is -0.794. The van der Waals surface area contributed by atoms with Gasteiger partial charge in [0.05, 0.1) is 13.2 Å². The molecule has 0 amide bonds. The van der Waals surface area contributed by atoms with Crippen LogP contribution in [0.4, 0.5) is 0 Å². The molecule has 0 aliphatic rings. The quantitative estimate of drug-likeness (QED) is 0.0264. The maximum absolute atomic E-state index is 12.8. The van der Waals surface area contributed by atoms with E-state index in [-0.39, 0.29) is 32.1 Å². The van der Waals surface area contributed by atoms with Gasteiger partial charge in [0.25, 0.3) is 0 Å². The van der Waals surface area contributed by atoms with E-state index in [1.807, 2.05) is 0 Å². The lowest BCUT2D eigenvalue weighted by Crippen LogP contribution is -2.29. The number of carbonyl (C=O) groups is 2. The van der Waals surface area contributed by atoms with Gasteiger partial charge in [-0.25, -0.2) is 4.57 Å². The van der Waals surface area contributed by atoms with Crippen molar-refractivity contribution in [2.24, 2.45) is 5.73 Å². The van der Waals surface area contributed by atoms with Crippen molar-refractivity contribution in [2.75, 3.05) is 26.4 Å². The number of carbonyl (C=O) groups excluding carboxylic acids is 2. The molecule has 0 fully saturated rings. The lowest BCUT2D eigenvalue weighted by molar-refractivity contribution is -0.161. The van der Waals surface area contributed by atoms with Crippen molar-refractivity contribution in [3.05, 3.63) is 12.2 Å². The zero-order valence-electron chi connectivity index (χ0n) is 65.6. The molecule has 0 spiro atoms. The van der Waals surface area contributed by atoms with Crippen LogP contribution >= 0.6 is 7.82 Å². The van der Waals surface area contributed by atoms with Crippen molar-refractivity contribution >= 4 is 19.8 Å². The van der Waals surface area contributed by atoms with E-state index in [1.165, 1.54) is 437 Å². The van der Waals surface area contributed by atoms with Gasteiger partial charge in [-0.1, -0.05) is 463 Å². The normalized spacial score (nSPS) is 12.7. The summed E-state index contributed by atoms with van der Waals surface area (Å²) in [7, 11) is -4.39. The molecule has 0 aromatic heterocycles. The first-order valence-electron chi connectivity index (χ1n) is 44.2. The van der Waals surface area contributed by atoms with Crippen molar-refractivity contribution in [3.8, 4) is 0 Å². The fourth-order valence-electron chi connectivity index (χ4n) is 14.1. The summed E-state index contributed by atoms with van der Waals surface area (Å²) in [6.07, 6.45) is 106. The fraction of sp³-hybridized carbons (Fsp3) is 0.954. The minimum Gasteiger partial charge on any atom is -0.462 e. The molecule has 0 aliphatic carbocycles. The van der Waals surface area contributed by atoms with Crippen LogP contribution in [0.25, 0.3) is 0 Å². The van der Waals surface area contributed by atoms with E-state index in [9.17, 15) is 19.0 Å². The summed E-state index contributed by atoms with van der Waals surface area (Å²) >= 11 is 0. The smallest absolute Gasteiger partial charge is 0.462 e. The predicted octanol–water partition coefficient (Wildman–Crippen LogP) is 29.8. The Morgan fingerprint density at radius 1 is 0.299 bits per heavy atom. The zero-order valence-corrected chi connectivity index (χ0v) is 66.5. The molecule has 0 aromatic carbocycles. The molecule has 0 aromatic rings. The second-order valence-electron chi connectivity index (χ2n) is 30.5. The number of ether oxygens (including phenoxy) is 2. The van der Waals surface area contributed by atoms with E-state index in [4.69, 9.17) is 24.3 Å². The standard InChI is InChI=1S/C87H172NO8P/c1-3-5-7-9-11-13-15-17-19-21-23-25-27-29-31-33-35-37-39-41-42-44-46-48-50-52-54-56-58-60-62-64-66-68-70-72-74-76-78-80-87(90)96-85(84-95-97(91,92)94-82-81-88)83-93-86(89)79-77-75-73-71-69-67-65-63-61-59-57-55-53-51-49-47-45-43-40-38-36-34-32-30-28-26-24-22-20-18-16-14-12-10-8-6-4-2/h21,23,85H,3-20,22,24-84,88H2,1-2H3,(H,91,92)/b23-21-. The van der Waals surface area contributed by atoms with E-state index in [2.05, 4.69) is 26.0 Å². The van der Waals surface area contributed by atoms with Crippen LogP contribution in [-0.2, 0) is 32.7 Å². The molecule has 10 heteroatoms. The molecule has 0 aliphatic heterocycles. The highest BCUT2D eigenvalue weighted by molar-refractivity contribution is 7.47. The maximum Gasteiger partial charge on any atom is 0.472 e. The third-order valence-electron chi connectivity index (χ3n) is 20.7. The average Bonchev–Trinajstić information content (AvgIpc) is 2.88. The molecule has 2 unspecified atom stereocenters. The number of hydrogen-bond donors (Lipinski definition) is 2. The van der Waals surface area contributed by atoms with Gasteiger partial charge in [-0.05, 0) is 38.5 Å². The Balaban J connectivity index is 3.68. The number of unbranched alkanes of at least 4 members (excludes halogenated alkanes) is 71. The van der Waals surface area contributed by atoms with Crippen molar-refractivity contribution < 1.29 is 37.6 Å². The van der Waals surface area contributed by atoms with Crippen molar-refractivity contribution in [3.63, 3.8) is 0 Å². The Morgan fingerprint density at radius 2 is 0.505 bits per heavy atom. The SMILES string of the molecule is CCCCCCCCCC/C=C\CCCCCCCCCCCCCCCCCCCCCCCCCCCCCC(=O)OC(COC(=O)CCCCCCCCCCCCCCCCCCCCCCCCCCCCCCCCCCCCCCC)COP(=O)(O)OCCN. The van der Waals surface area contributed by atoms with E-state index in [1.54, 1.807) is 0 Å². The van der Waals surface area contributed by atoms with Crippen molar-refractivity contribution in [1.29, 1.82) is 0 Å². The van der Waals surface area contributed by atoms with Gasteiger partial charge in [-0.15, -0.1) is 0 Å². The first-order valence-corrected chi connectivity index (χ1v) is 45.7. The molecular weight excluding hydrogens is 1220 g/mol. The summed E-state index contributed by atoms with van der Waals surface area (Å²) in [5.41, 5.74) is 5.42. The molecule has 2 atom stereocenters. The number of phosphoric ester groups is 1. The summed E-state index contributed by atoms with van der Waals surface area (Å²) in [5, 5.41) is 0. The highest BCUT2D eigenvalue weighted by Crippen LogP contribution is 2.43. The molecular formula is C87H172NO8P. The Kier molecular flexibility index (Phi) is 82.6. The topological polar surface area (TPSA) is 134 Å². The van der Waals surface area contributed by atoms with Crippen LogP contribution in [0.3, 0.4) is 0 Å². The Hall–Kier alpha value is -1.25. The monoisotopic (exact) mass is 1390 g/mol. The largest absolute Gasteiger partial charge is 0.472 e. The number of esters is 2. The van der Waals surface area contributed by atoms with Gasteiger partial charge >= 0.3 is 19.8 Å². The molecule has 0 saturated carbocycles. The highest BCUT2D eigenvalue weighted by atomic mass is 31.2. The molecule has 578 valence electrons. The summed E-state index contributed by atoms with van der Waals surface area (Å²) in [4.78, 5) is 35.5. The second-order valence-corrected chi connectivity index (χ2v) is 31.9. The number of allylic oxidation sites excluding steroid dienone is 2. The maximum atomic E-state index is 12.8. The molecule has 3 N–H and O–H groups in total. The van der Waals surface area contributed by atoms with Crippen LogP contribution < -0.4 is 5.73 Å². The molecule has 0 saturated heterocycles. The lowest BCUT2D eigenvalue weighted by Gasteiger charge is -2.19. The van der Waals surface area contributed by atoms with Gasteiger partial charge in [0, 0.05) is 19.4 Å². The average molecular weight is 1390 g/mol. The van der Waals surface area contributed by atoms with E-state index >= 15 is 0 Å². The third-order valence-corrected chi connectivity index (χ3v) is 21.6. The Labute approximate surface area is 606 Å². The number of rotatable bonds is 86. The van der Waals surface area contributed by atoms with Gasteiger partial charge in [0.1, 0.15) is 6.61 Å². The minimum absolute atomic E-state index is 0.0584. The summed E-state index contributed by atoms with van der Waals surface area (Å²) in [6, 6.07) is 0. The minimum atomic E-state index is -4.39. The first kappa shape index (κ1) is 95.8. The Bertz CT molecular complexity index is 1600. The van der Waals surface area contributed by atoms with Crippen LogP contribution in [0.2, 0.25) is 0 Å². The fourth-order valence-corrected chi connectivity index (χ4v) is 14.9. The van der Waals surface area contributed by atoms with Gasteiger partial charge in [0.15, 0.2) is 6.10 Å². The molecule has 0 bridgehead atoms. The second kappa shape index (κ2) is 83.7. The van der Waals surface area contributed by atoms with Gasteiger partial charge in [-0.2, -0.15) is 0 Å². The van der Waals surface area contributed by atoms with Crippen LogP contribution in [-0.4, -0.2) is 49.3 Å². The highest BCUT2D eigenvalue weighted by Gasteiger charge is 2.26. The van der Waals surface area contributed by atoms with E-state index in [0.717, 1.165) is 32.1 Å². The van der Waals surface area contributed by atoms with Crippen LogP contribution in [0.1, 0.15) is 502 Å². The third kappa shape index (κ3) is 83.6. The Morgan fingerprint density at radius 3 is 0.732 bits per heavy atom. The first-order chi connectivity index (χ1) is 47.8. The van der Waals surface area contributed by atoms with Crippen molar-refractivity contribution in [2.45, 2.75) is 508 Å². The van der Waals surface area contributed by atoms with Gasteiger partial charge < -0.3 is 20.1 Å². The zero-order chi connectivity index (χ0) is 70.0. The predicted molar refractivity (Wildman–Crippen MR) is 423 cm³/mol. The summed E-state index contributed by atoms with van der Waals surface area (Å²) in [6.45, 7) is 3.86. The van der Waals surface area contributed by atoms with Crippen molar-refractivity contribution in [1.82, 2.24) is 0 Å². The number of phosphoric acid groups is 1. The van der Waals surface area contributed by atoms with Crippen LogP contribution in [0.15, 0.2) is 12.2 Å². The molecule has 0 heterocycles. The van der Waals surface area contributed by atoms with Gasteiger partial charge in [0.2, 0.25) is 0 Å².